The Morgan fingerprint density at radius 1 is 1.15 bits per heavy atom. The Kier molecular flexibility index (Phi) is 4.98. The van der Waals surface area contributed by atoms with Gasteiger partial charge in [-0.3, -0.25) is 0 Å². The van der Waals surface area contributed by atoms with Gasteiger partial charge in [0, 0.05) is 9.84 Å². The summed E-state index contributed by atoms with van der Waals surface area (Å²) < 4.78 is 1.02. The van der Waals surface area contributed by atoms with E-state index in [1.807, 2.05) is 6.08 Å². The number of alkyl halides is 1. The van der Waals surface area contributed by atoms with Crippen LogP contribution in [0.2, 0.25) is 0 Å². The molecule has 0 bridgehead atoms. The van der Waals surface area contributed by atoms with Gasteiger partial charge in [-0.05, 0) is 62.8 Å². The maximum absolute atomic E-state index is 3.94. The molecule has 0 heterocycles. The van der Waals surface area contributed by atoms with Gasteiger partial charge < -0.3 is 0 Å². The second-order valence-electron chi connectivity index (χ2n) is 7.78. The van der Waals surface area contributed by atoms with Crippen molar-refractivity contribution in [2.75, 3.05) is 4.43 Å². The monoisotopic (exact) mass is 464 g/mol. The summed E-state index contributed by atoms with van der Waals surface area (Å²) in [4.78, 5) is 0. The Bertz CT molecular complexity index is 1090. The SMILES string of the molecule is C=CC=C1/C(=C\CI)C(C)(C)c2cc(C3=c4ccccc4=CCC3)ccc21. The molecular formula is C26H25I. The summed E-state index contributed by atoms with van der Waals surface area (Å²) >= 11 is 2.44. The molecule has 0 saturated heterocycles. The van der Waals surface area contributed by atoms with Crippen LogP contribution < -0.4 is 10.4 Å². The fourth-order valence-electron chi connectivity index (χ4n) is 4.61. The van der Waals surface area contributed by atoms with E-state index in [-0.39, 0.29) is 5.41 Å². The van der Waals surface area contributed by atoms with Gasteiger partial charge in [0.15, 0.2) is 0 Å². The Hall–Kier alpha value is -1.87. The summed E-state index contributed by atoms with van der Waals surface area (Å²) in [6.07, 6.45) is 11.0. The molecule has 0 unspecified atom stereocenters. The number of halogens is 1. The molecule has 0 aromatic heterocycles. The third-order valence-corrected chi connectivity index (χ3v) is 6.35. The lowest BCUT2D eigenvalue weighted by atomic mass is 9.81. The maximum Gasteiger partial charge on any atom is 0.0182 e. The number of allylic oxidation sites excluding steroid dienone is 5. The molecule has 2 aliphatic rings. The standard InChI is InChI=1S/C26H25I/c1-4-8-22-23-14-13-19(17-25(23)26(2,3)24(22)15-16-27)21-12-7-10-18-9-5-6-11-20(18)21/h4-6,8-11,13-15,17H,1,7,12,16H2,2-3H3/b22-8?,24-15+. The minimum absolute atomic E-state index is 0.0201. The molecule has 27 heavy (non-hydrogen) atoms. The Morgan fingerprint density at radius 3 is 2.74 bits per heavy atom. The van der Waals surface area contributed by atoms with Crippen molar-refractivity contribution in [1.82, 2.24) is 0 Å². The third-order valence-electron chi connectivity index (χ3n) is 5.91. The van der Waals surface area contributed by atoms with E-state index in [1.54, 1.807) is 0 Å². The highest BCUT2D eigenvalue weighted by atomic mass is 127. The molecule has 0 aliphatic heterocycles. The first-order valence-electron chi connectivity index (χ1n) is 9.61. The minimum atomic E-state index is 0.0201. The molecule has 2 aromatic rings. The molecule has 0 amide bonds. The Labute approximate surface area is 175 Å². The molecule has 0 nitrogen and oxygen atoms in total. The van der Waals surface area contributed by atoms with E-state index in [0.717, 1.165) is 17.3 Å². The van der Waals surface area contributed by atoms with E-state index < -0.39 is 0 Å². The topological polar surface area (TPSA) is 0 Å². The number of fused-ring (bicyclic) bond motifs is 2. The molecule has 0 atom stereocenters. The summed E-state index contributed by atoms with van der Waals surface area (Å²) in [5.41, 5.74) is 8.41. The van der Waals surface area contributed by atoms with Crippen LogP contribution in [0.4, 0.5) is 0 Å². The van der Waals surface area contributed by atoms with Gasteiger partial charge in [0.05, 0.1) is 0 Å². The predicted molar refractivity (Wildman–Crippen MR) is 127 cm³/mol. The molecule has 0 N–H and O–H groups in total. The summed E-state index contributed by atoms with van der Waals surface area (Å²) in [5, 5.41) is 2.76. The van der Waals surface area contributed by atoms with Gasteiger partial charge in [-0.25, -0.2) is 0 Å². The van der Waals surface area contributed by atoms with Crippen molar-refractivity contribution in [3.63, 3.8) is 0 Å². The first-order chi connectivity index (χ1) is 13.1. The molecule has 0 spiro atoms. The van der Waals surface area contributed by atoms with E-state index in [2.05, 4.69) is 104 Å². The second kappa shape index (κ2) is 7.27. The lowest BCUT2D eigenvalue weighted by Crippen LogP contribution is -2.29. The maximum atomic E-state index is 3.94. The normalized spacial score (nSPS) is 20.3. The summed E-state index contributed by atoms with van der Waals surface area (Å²) in [5.74, 6) is 0. The van der Waals surface area contributed by atoms with Gasteiger partial charge in [0.25, 0.3) is 0 Å². The van der Waals surface area contributed by atoms with Gasteiger partial charge in [-0.1, -0.05) is 104 Å². The number of hydrogen-bond acceptors (Lipinski definition) is 0. The van der Waals surface area contributed by atoms with Crippen molar-refractivity contribution >= 4 is 39.8 Å². The number of hydrogen-bond donors (Lipinski definition) is 0. The fraction of sp³-hybridized carbons (Fsp3) is 0.231. The van der Waals surface area contributed by atoms with E-state index in [9.17, 15) is 0 Å². The van der Waals surface area contributed by atoms with Crippen LogP contribution in [0.5, 0.6) is 0 Å². The molecular weight excluding hydrogens is 439 g/mol. The lowest BCUT2D eigenvalue weighted by molar-refractivity contribution is 0.659. The van der Waals surface area contributed by atoms with Gasteiger partial charge in [-0.2, -0.15) is 0 Å². The molecule has 2 aliphatic carbocycles. The van der Waals surface area contributed by atoms with Gasteiger partial charge in [-0.15, -0.1) is 0 Å². The summed E-state index contributed by atoms with van der Waals surface area (Å²) in [6, 6.07) is 15.9. The van der Waals surface area contributed by atoms with Crippen LogP contribution >= 0.6 is 22.6 Å². The highest BCUT2D eigenvalue weighted by Crippen LogP contribution is 2.50. The van der Waals surface area contributed by atoms with Crippen LogP contribution in [0, 0.1) is 0 Å². The number of benzene rings is 2. The van der Waals surface area contributed by atoms with Crippen LogP contribution in [-0.4, -0.2) is 4.43 Å². The highest BCUT2D eigenvalue weighted by Gasteiger charge is 2.37. The molecule has 2 aromatic carbocycles. The van der Waals surface area contributed by atoms with E-state index in [4.69, 9.17) is 0 Å². The van der Waals surface area contributed by atoms with Crippen molar-refractivity contribution in [2.24, 2.45) is 0 Å². The van der Waals surface area contributed by atoms with Crippen LogP contribution in [0.25, 0.3) is 17.2 Å². The zero-order chi connectivity index (χ0) is 19.0. The quantitative estimate of drug-likeness (QED) is 0.405. The molecule has 0 saturated carbocycles. The minimum Gasteiger partial charge on any atom is -0.0990 e. The van der Waals surface area contributed by atoms with E-state index in [1.165, 1.54) is 43.8 Å². The first kappa shape index (κ1) is 18.5. The predicted octanol–water partition coefficient (Wildman–Crippen LogP) is 5.68. The fourth-order valence-corrected chi connectivity index (χ4v) is 5.05. The van der Waals surface area contributed by atoms with E-state index in [0.29, 0.717) is 0 Å². The molecule has 4 rings (SSSR count). The summed E-state index contributed by atoms with van der Waals surface area (Å²) in [7, 11) is 0. The zero-order valence-electron chi connectivity index (χ0n) is 16.1. The lowest BCUT2D eigenvalue weighted by Gasteiger charge is -2.23. The van der Waals surface area contributed by atoms with Crippen molar-refractivity contribution in [3.05, 3.63) is 100.0 Å². The molecule has 0 fully saturated rings. The van der Waals surface area contributed by atoms with Crippen molar-refractivity contribution in [2.45, 2.75) is 32.1 Å². The molecule has 0 radical (unpaired) electrons. The van der Waals surface area contributed by atoms with Crippen molar-refractivity contribution < 1.29 is 0 Å². The molecule has 136 valence electrons. The highest BCUT2D eigenvalue weighted by molar-refractivity contribution is 14.1. The Morgan fingerprint density at radius 2 is 1.96 bits per heavy atom. The summed E-state index contributed by atoms with van der Waals surface area (Å²) in [6.45, 7) is 8.65. The van der Waals surface area contributed by atoms with Crippen molar-refractivity contribution in [3.8, 4) is 0 Å². The average Bonchev–Trinajstić information content (AvgIpc) is 2.89. The second-order valence-corrected chi connectivity index (χ2v) is 8.66. The Balaban J connectivity index is 1.96. The van der Waals surface area contributed by atoms with Crippen LogP contribution in [0.3, 0.4) is 0 Å². The van der Waals surface area contributed by atoms with Crippen LogP contribution in [0.1, 0.15) is 43.4 Å². The van der Waals surface area contributed by atoms with Crippen LogP contribution in [0.15, 0.2) is 72.8 Å². The smallest absolute Gasteiger partial charge is 0.0182 e. The van der Waals surface area contributed by atoms with Crippen LogP contribution in [-0.2, 0) is 5.41 Å². The van der Waals surface area contributed by atoms with E-state index >= 15 is 0 Å². The largest absolute Gasteiger partial charge is 0.0990 e. The zero-order valence-corrected chi connectivity index (χ0v) is 18.2. The number of rotatable bonds is 3. The first-order valence-corrected chi connectivity index (χ1v) is 11.1. The third kappa shape index (κ3) is 3.06. The molecule has 1 heteroatoms. The van der Waals surface area contributed by atoms with Gasteiger partial charge in [0.1, 0.15) is 0 Å². The van der Waals surface area contributed by atoms with Crippen molar-refractivity contribution in [1.29, 1.82) is 0 Å². The van der Waals surface area contributed by atoms with Gasteiger partial charge >= 0.3 is 0 Å². The average molecular weight is 464 g/mol. The van der Waals surface area contributed by atoms with Gasteiger partial charge in [0.2, 0.25) is 0 Å².